The lowest BCUT2D eigenvalue weighted by Gasteiger charge is -2.16. The molecule has 0 rings (SSSR count). The third-order valence-electron chi connectivity index (χ3n) is 3.78. The quantitative estimate of drug-likeness (QED) is 0.237. The first-order chi connectivity index (χ1) is 13.3. The van der Waals surface area contributed by atoms with Crippen LogP contribution in [0.15, 0.2) is 0 Å². The predicted octanol–water partition coefficient (Wildman–Crippen LogP) is 4.64. The van der Waals surface area contributed by atoms with Crippen molar-refractivity contribution in [2.24, 2.45) is 10.8 Å². The van der Waals surface area contributed by atoms with E-state index in [1.165, 1.54) is 0 Å². The Kier molecular flexibility index (Phi) is 12.9. The number of esters is 2. The van der Waals surface area contributed by atoms with E-state index in [1.807, 2.05) is 0 Å². The summed E-state index contributed by atoms with van der Waals surface area (Å²) in [4.78, 5) is 32.8. The van der Waals surface area contributed by atoms with Crippen LogP contribution < -0.4 is 0 Å². The Balaban J connectivity index is 3.64. The Labute approximate surface area is 175 Å². The molecule has 0 fully saturated rings. The Hall–Kier alpha value is -0.950. The van der Waals surface area contributed by atoms with Gasteiger partial charge in [0.1, 0.15) is 0 Å². The number of hydrogen-bond donors (Lipinski definition) is 1. The summed E-state index contributed by atoms with van der Waals surface area (Å²) in [5.74, 6) is -0.483. The topological polar surface area (TPSA) is 108 Å². The number of phosphoric ester groups is 1. The summed E-state index contributed by atoms with van der Waals surface area (Å²) in [7, 11) is -4.05. The van der Waals surface area contributed by atoms with E-state index in [9.17, 15) is 19.0 Å². The van der Waals surface area contributed by atoms with Gasteiger partial charge in [0.2, 0.25) is 0 Å². The molecule has 0 amide bonds. The van der Waals surface area contributed by atoms with Crippen molar-refractivity contribution in [2.45, 2.75) is 80.1 Å². The number of ether oxygens (including phenoxy) is 2. The molecule has 0 spiro atoms. The molecule has 8 nitrogen and oxygen atoms in total. The minimum atomic E-state index is -4.05. The van der Waals surface area contributed by atoms with E-state index in [0.717, 1.165) is 0 Å². The highest BCUT2D eigenvalue weighted by Gasteiger charge is 2.23. The Morgan fingerprint density at radius 2 is 0.966 bits per heavy atom. The zero-order chi connectivity index (χ0) is 22.6. The SMILES string of the molecule is CC(C)(C)C(=O)OCCCCCOP(=O)(O)OCCCCCOC(=O)C(C)(C)C. The van der Waals surface area contributed by atoms with Gasteiger partial charge in [-0.25, -0.2) is 4.57 Å². The fraction of sp³-hybridized carbons (Fsp3) is 0.900. The average molecular weight is 438 g/mol. The zero-order valence-electron chi connectivity index (χ0n) is 18.8. The maximum atomic E-state index is 11.8. The summed E-state index contributed by atoms with van der Waals surface area (Å²) in [6.07, 6.45) is 3.90. The van der Waals surface area contributed by atoms with Gasteiger partial charge >= 0.3 is 19.8 Å². The number of carbonyl (C=O) groups excluding carboxylic acids is 2. The maximum absolute atomic E-state index is 11.8. The van der Waals surface area contributed by atoms with Gasteiger partial charge in [-0.2, -0.15) is 0 Å². The van der Waals surface area contributed by atoms with Gasteiger partial charge in [-0.05, 0) is 80.1 Å². The molecule has 0 atom stereocenters. The van der Waals surface area contributed by atoms with Crippen molar-refractivity contribution in [1.29, 1.82) is 0 Å². The van der Waals surface area contributed by atoms with Gasteiger partial charge in [0, 0.05) is 0 Å². The largest absolute Gasteiger partial charge is 0.472 e. The van der Waals surface area contributed by atoms with Gasteiger partial charge in [-0.3, -0.25) is 18.6 Å². The number of rotatable bonds is 14. The molecule has 0 bridgehead atoms. The molecule has 0 aromatic heterocycles. The third-order valence-corrected chi connectivity index (χ3v) is 4.79. The van der Waals surface area contributed by atoms with Crippen molar-refractivity contribution in [3.05, 3.63) is 0 Å². The number of phosphoric acid groups is 1. The van der Waals surface area contributed by atoms with E-state index in [4.69, 9.17) is 18.5 Å². The Morgan fingerprint density at radius 1 is 0.655 bits per heavy atom. The van der Waals surface area contributed by atoms with Crippen LogP contribution in [0.25, 0.3) is 0 Å². The van der Waals surface area contributed by atoms with Crippen LogP contribution in [0.4, 0.5) is 0 Å². The van der Waals surface area contributed by atoms with Crippen LogP contribution in [-0.4, -0.2) is 43.3 Å². The van der Waals surface area contributed by atoms with Crippen LogP contribution in [0.3, 0.4) is 0 Å². The maximum Gasteiger partial charge on any atom is 0.472 e. The van der Waals surface area contributed by atoms with Crippen molar-refractivity contribution >= 4 is 19.8 Å². The molecule has 172 valence electrons. The normalized spacial score (nSPS) is 12.7. The molecule has 0 aliphatic carbocycles. The van der Waals surface area contributed by atoms with Gasteiger partial charge in [0.05, 0.1) is 37.3 Å². The van der Waals surface area contributed by atoms with E-state index in [1.54, 1.807) is 41.5 Å². The summed E-state index contributed by atoms with van der Waals surface area (Å²) in [5, 5.41) is 0. The van der Waals surface area contributed by atoms with Crippen molar-refractivity contribution in [3.8, 4) is 0 Å². The van der Waals surface area contributed by atoms with Gasteiger partial charge in [-0.1, -0.05) is 0 Å². The molecule has 0 aromatic carbocycles. The fourth-order valence-electron chi connectivity index (χ4n) is 1.92. The van der Waals surface area contributed by atoms with E-state index in [2.05, 4.69) is 0 Å². The molecule has 0 saturated carbocycles. The number of carbonyl (C=O) groups is 2. The van der Waals surface area contributed by atoms with Crippen LogP contribution in [0.2, 0.25) is 0 Å². The third kappa shape index (κ3) is 15.5. The summed E-state index contributed by atoms with van der Waals surface area (Å²) in [6.45, 7) is 11.6. The first-order valence-corrected chi connectivity index (χ1v) is 11.7. The lowest BCUT2D eigenvalue weighted by molar-refractivity contribution is -0.153. The average Bonchev–Trinajstić information content (AvgIpc) is 2.57. The van der Waals surface area contributed by atoms with Crippen LogP contribution in [0.5, 0.6) is 0 Å². The highest BCUT2D eigenvalue weighted by atomic mass is 31.2. The lowest BCUT2D eigenvalue weighted by atomic mass is 9.97. The summed E-state index contributed by atoms with van der Waals surface area (Å²) < 4.78 is 31.9. The standard InChI is InChI=1S/C20H39O8P/c1-19(2,3)17(21)25-13-9-7-11-15-27-29(23,24)28-16-12-8-10-14-26-18(22)20(4,5)6/h7-16H2,1-6H3,(H,23,24). The van der Waals surface area contributed by atoms with Crippen molar-refractivity contribution < 1.29 is 37.6 Å². The molecule has 0 aliphatic rings. The Morgan fingerprint density at radius 3 is 1.28 bits per heavy atom. The van der Waals surface area contributed by atoms with E-state index >= 15 is 0 Å². The molecular weight excluding hydrogens is 399 g/mol. The first kappa shape index (κ1) is 28.1. The van der Waals surface area contributed by atoms with Gasteiger partial charge in [-0.15, -0.1) is 0 Å². The monoisotopic (exact) mass is 438 g/mol. The molecule has 0 aromatic rings. The Bertz CT molecular complexity index is 490. The highest BCUT2D eigenvalue weighted by molar-refractivity contribution is 7.47. The summed E-state index contributed by atoms with van der Waals surface area (Å²) >= 11 is 0. The second-order valence-electron chi connectivity index (χ2n) is 9.03. The first-order valence-electron chi connectivity index (χ1n) is 10.2. The van der Waals surface area contributed by atoms with Crippen molar-refractivity contribution in [2.75, 3.05) is 26.4 Å². The van der Waals surface area contributed by atoms with Crippen molar-refractivity contribution in [1.82, 2.24) is 0 Å². The number of hydrogen-bond acceptors (Lipinski definition) is 7. The number of unbranched alkanes of at least 4 members (excludes halogenated alkanes) is 4. The smallest absolute Gasteiger partial charge is 0.465 e. The van der Waals surface area contributed by atoms with E-state index in [0.29, 0.717) is 51.7 Å². The molecule has 9 heteroatoms. The van der Waals surface area contributed by atoms with Gasteiger partial charge in [0.25, 0.3) is 0 Å². The fourth-order valence-corrected chi connectivity index (χ4v) is 2.72. The van der Waals surface area contributed by atoms with Crippen LogP contribution in [-0.2, 0) is 32.7 Å². The molecular formula is C20H39O8P. The molecule has 0 heterocycles. The minimum absolute atomic E-state index is 0.101. The van der Waals surface area contributed by atoms with Gasteiger partial charge in [0.15, 0.2) is 0 Å². The molecule has 29 heavy (non-hydrogen) atoms. The lowest BCUT2D eigenvalue weighted by Crippen LogP contribution is -2.23. The van der Waals surface area contributed by atoms with Crippen LogP contribution in [0, 0.1) is 10.8 Å². The highest BCUT2D eigenvalue weighted by Crippen LogP contribution is 2.43. The van der Waals surface area contributed by atoms with E-state index in [-0.39, 0.29) is 25.2 Å². The second-order valence-corrected chi connectivity index (χ2v) is 10.5. The molecule has 0 radical (unpaired) electrons. The van der Waals surface area contributed by atoms with E-state index < -0.39 is 18.7 Å². The minimum Gasteiger partial charge on any atom is -0.465 e. The molecule has 0 unspecified atom stereocenters. The molecule has 1 N–H and O–H groups in total. The van der Waals surface area contributed by atoms with Crippen molar-refractivity contribution in [3.63, 3.8) is 0 Å². The summed E-state index contributed by atoms with van der Waals surface area (Å²) in [5.41, 5.74) is -1.03. The zero-order valence-corrected chi connectivity index (χ0v) is 19.7. The second kappa shape index (κ2) is 13.4. The van der Waals surface area contributed by atoms with Gasteiger partial charge < -0.3 is 14.4 Å². The predicted molar refractivity (Wildman–Crippen MR) is 110 cm³/mol. The molecule has 0 saturated heterocycles. The molecule has 0 aliphatic heterocycles. The summed E-state index contributed by atoms with van der Waals surface area (Å²) in [6, 6.07) is 0. The van der Waals surface area contributed by atoms with Crippen LogP contribution in [0.1, 0.15) is 80.1 Å². The van der Waals surface area contributed by atoms with Crippen LogP contribution >= 0.6 is 7.82 Å².